The lowest BCUT2D eigenvalue weighted by Gasteiger charge is -2.07. The highest BCUT2D eigenvalue weighted by Crippen LogP contribution is 2.22. The molecule has 1 aromatic rings. The predicted molar refractivity (Wildman–Crippen MR) is 61.4 cm³/mol. The zero-order chi connectivity index (χ0) is 12.7. The highest BCUT2D eigenvalue weighted by Gasteiger charge is 2.04. The molecule has 4 heteroatoms. The molecule has 0 spiro atoms. The second-order valence-electron chi connectivity index (χ2n) is 3.31. The Morgan fingerprint density at radius 2 is 2.12 bits per heavy atom. The smallest absolute Gasteiger partial charge is 0.130 e. The van der Waals surface area contributed by atoms with E-state index in [1.807, 2.05) is 6.92 Å². The second kappa shape index (κ2) is 6.30. The summed E-state index contributed by atoms with van der Waals surface area (Å²) in [6.45, 7) is 2.45. The second-order valence-corrected chi connectivity index (χ2v) is 3.31. The predicted octanol–water partition coefficient (Wildman–Crippen LogP) is 3.05. The quantitative estimate of drug-likeness (QED) is 0.747. The van der Waals surface area contributed by atoms with Gasteiger partial charge < -0.3 is 4.74 Å². The van der Waals surface area contributed by atoms with E-state index < -0.39 is 5.82 Å². The van der Waals surface area contributed by atoms with Crippen LogP contribution in [0.5, 0.6) is 5.75 Å². The van der Waals surface area contributed by atoms with Crippen molar-refractivity contribution < 1.29 is 9.13 Å². The van der Waals surface area contributed by atoms with Gasteiger partial charge in [-0.1, -0.05) is 6.92 Å². The zero-order valence-electron chi connectivity index (χ0n) is 9.40. The molecule has 0 unspecified atom stereocenters. The minimum atomic E-state index is -0.435. The van der Waals surface area contributed by atoms with Gasteiger partial charge in [0.05, 0.1) is 6.61 Å². The van der Waals surface area contributed by atoms with E-state index in [-0.39, 0.29) is 5.57 Å². The Kier molecular flexibility index (Phi) is 4.72. The molecule has 0 heterocycles. The number of ether oxygens (including phenoxy) is 1. The van der Waals surface area contributed by atoms with Gasteiger partial charge in [0.25, 0.3) is 0 Å². The van der Waals surface area contributed by atoms with Crippen LogP contribution in [0.2, 0.25) is 0 Å². The number of halogens is 1. The number of hydrogen-bond acceptors (Lipinski definition) is 3. The van der Waals surface area contributed by atoms with Crippen LogP contribution < -0.4 is 4.74 Å². The Morgan fingerprint density at radius 1 is 1.41 bits per heavy atom. The molecular formula is C13H11FN2O. The first kappa shape index (κ1) is 12.7. The van der Waals surface area contributed by atoms with E-state index >= 15 is 0 Å². The van der Waals surface area contributed by atoms with E-state index in [0.29, 0.717) is 17.9 Å². The van der Waals surface area contributed by atoms with Crippen molar-refractivity contribution in [3.63, 3.8) is 0 Å². The Morgan fingerprint density at radius 3 is 2.71 bits per heavy atom. The van der Waals surface area contributed by atoms with Crippen molar-refractivity contribution in [3.8, 4) is 17.9 Å². The van der Waals surface area contributed by atoms with Crippen LogP contribution in [-0.2, 0) is 0 Å². The summed E-state index contributed by atoms with van der Waals surface area (Å²) in [7, 11) is 0. The monoisotopic (exact) mass is 230 g/mol. The molecule has 86 valence electrons. The van der Waals surface area contributed by atoms with Crippen molar-refractivity contribution >= 4 is 6.08 Å². The van der Waals surface area contributed by atoms with Crippen molar-refractivity contribution in [1.82, 2.24) is 0 Å². The van der Waals surface area contributed by atoms with Crippen molar-refractivity contribution in [3.05, 3.63) is 35.2 Å². The first-order valence-corrected chi connectivity index (χ1v) is 5.15. The molecule has 1 rings (SSSR count). The molecular weight excluding hydrogens is 219 g/mol. The number of nitriles is 2. The molecule has 0 amide bonds. The van der Waals surface area contributed by atoms with Gasteiger partial charge in [-0.05, 0) is 30.7 Å². The standard InChI is InChI=1S/C13H11FN2O/c1-2-5-17-13-4-3-12(14)7-11(13)6-10(8-15)9-16/h3-4,6-7H,2,5H2,1H3. The number of benzene rings is 1. The van der Waals surface area contributed by atoms with Gasteiger partial charge in [0, 0.05) is 5.56 Å². The molecule has 3 nitrogen and oxygen atoms in total. The SMILES string of the molecule is CCCOc1ccc(F)cc1C=C(C#N)C#N. The molecule has 0 aromatic heterocycles. The fourth-order valence-corrected chi connectivity index (χ4v) is 1.22. The van der Waals surface area contributed by atoms with Gasteiger partial charge in [0.15, 0.2) is 0 Å². The summed E-state index contributed by atoms with van der Waals surface area (Å²) in [4.78, 5) is 0. The number of allylic oxidation sites excluding steroid dienone is 1. The maximum Gasteiger partial charge on any atom is 0.130 e. The Bertz CT molecular complexity index is 493. The maximum absolute atomic E-state index is 13.1. The summed E-state index contributed by atoms with van der Waals surface area (Å²) in [5, 5.41) is 17.3. The minimum absolute atomic E-state index is 0.0862. The molecule has 17 heavy (non-hydrogen) atoms. The molecule has 0 aliphatic carbocycles. The van der Waals surface area contributed by atoms with E-state index in [1.165, 1.54) is 24.3 Å². The van der Waals surface area contributed by atoms with Gasteiger partial charge in [0.2, 0.25) is 0 Å². The molecule has 0 saturated heterocycles. The van der Waals surface area contributed by atoms with E-state index in [9.17, 15) is 4.39 Å². The summed E-state index contributed by atoms with van der Waals surface area (Å²) >= 11 is 0. The van der Waals surface area contributed by atoms with E-state index in [0.717, 1.165) is 6.42 Å². The lowest BCUT2D eigenvalue weighted by atomic mass is 10.1. The third-order valence-electron chi connectivity index (χ3n) is 1.97. The van der Waals surface area contributed by atoms with Crippen molar-refractivity contribution in [2.45, 2.75) is 13.3 Å². The Hall–Kier alpha value is -2.33. The van der Waals surface area contributed by atoms with Gasteiger partial charge in [-0.3, -0.25) is 0 Å². The molecule has 0 N–H and O–H groups in total. The maximum atomic E-state index is 13.1. The minimum Gasteiger partial charge on any atom is -0.493 e. The summed E-state index contributed by atoms with van der Waals surface area (Å²) < 4.78 is 18.5. The highest BCUT2D eigenvalue weighted by molar-refractivity contribution is 5.66. The van der Waals surface area contributed by atoms with Crippen molar-refractivity contribution in [2.75, 3.05) is 6.61 Å². The van der Waals surface area contributed by atoms with Gasteiger partial charge in [-0.15, -0.1) is 0 Å². The summed E-state index contributed by atoms with van der Waals surface area (Å²) in [5.74, 6) is 0.0339. The fraction of sp³-hybridized carbons (Fsp3) is 0.231. The normalized spacial score (nSPS) is 8.94. The van der Waals surface area contributed by atoms with Crippen molar-refractivity contribution in [2.24, 2.45) is 0 Å². The topological polar surface area (TPSA) is 56.8 Å². The lowest BCUT2D eigenvalue weighted by Crippen LogP contribution is -1.97. The average Bonchev–Trinajstić information content (AvgIpc) is 2.35. The van der Waals surface area contributed by atoms with E-state index in [2.05, 4.69) is 0 Å². The molecule has 0 atom stereocenters. The van der Waals surface area contributed by atoms with Gasteiger partial charge in [0.1, 0.15) is 29.3 Å². The molecule has 0 aliphatic rings. The summed E-state index contributed by atoms with van der Waals surface area (Å²) in [5.41, 5.74) is 0.313. The molecule has 0 fully saturated rings. The van der Waals surface area contributed by atoms with Crippen LogP contribution >= 0.6 is 0 Å². The molecule has 0 saturated carbocycles. The van der Waals surface area contributed by atoms with Crippen LogP contribution in [0.15, 0.2) is 23.8 Å². The van der Waals surface area contributed by atoms with Crippen LogP contribution in [0, 0.1) is 28.5 Å². The van der Waals surface area contributed by atoms with E-state index in [4.69, 9.17) is 15.3 Å². The molecule has 1 aromatic carbocycles. The average molecular weight is 230 g/mol. The van der Waals surface area contributed by atoms with Gasteiger partial charge in [-0.25, -0.2) is 4.39 Å². The van der Waals surface area contributed by atoms with Gasteiger partial charge >= 0.3 is 0 Å². The first-order valence-electron chi connectivity index (χ1n) is 5.15. The summed E-state index contributed by atoms with van der Waals surface area (Å²) in [6.07, 6.45) is 2.14. The zero-order valence-corrected chi connectivity index (χ0v) is 9.40. The number of hydrogen-bond donors (Lipinski definition) is 0. The van der Waals surface area contributed by atoms with Crippen LogP contribution in [0.25, 0.3) is 6.08 Å². The third-order valence-corrected chi connectivity index (χ3v) is 1.97. The number of rotatable bonds is 4. The van der Waals surface area contributed by atoms with Crippen LogP contribution in [0.3, 0.4) is 0 Å². The number of nitrogens with zero attached hydrogens (tertiary/aromatic N) is 2. The largest absolute Gasteiger partial charge is 0.493 e. The molecule has 0 bridgehead atoms. The van der Waals surface area contributed by atoms with Crippen LogP contribution in [-0.4, -0.2) is 6.61 Å². The van der Waals surface area contributed by atoms with Crippen LogP contribution in [0.1, 0.15) is 18.9 Å². The summed E-state index contributed by atoms with van der Waals surface area (Å²) in [6, 6.07) is 7.45. The fourth-order valence-electron chi connectivity index (χ4n) is 1.22. The van der Waals surface area contributed by atoms with Gasteiger partial charge in [-0.2, -0.15) is 10.5 Å². The third kappa shape index (κ3) is 3.62. The molecule has 0 radical (unpaired) electrons. The highest BCUT2D eigenvalue weighted by atomic mass is 19.1. The van der Waals surface area contributed by atoms with Crippen molar-refractivity contribution in [1.29, 1.82) is 10.5 Å². The van der Waals surface area contributed by atoms with Crippen LogP contribution in [0.4, 0.5) is 4.39 Å². The van der Waals surface area contributed by atoms with E-state index in [1.54, 1.807) is 12.1 Å². The Balaban J connectivity index is 3.12. The first-order chi connectivity index (χ1) is 8.21. The Labute approximate surface area is 99.4 Å². The lowest BCUT2D eigenvalue weighted by molar-refractivity contribution is 0.316. The molecule has 0 aliphatic heterocycles.